The SMILES string of the molecule is CNc1ccc(Oc2ncc(C(F)(F)F)cc2Cl)cc1. The van der Waals surface area contributed by atoms with Gasteiger partial charge in [0.1, 0.15) is 10.8 Å². The Kier molecular flexibility index (Phi) is 4.04. The number of hydrogen-bond acceptors (Lipinski definition) is 3. The van der Waals surface area contributed by atoms with Gasteiger partial charge in [-0.1, -0.05) is 11.6 Å². The van der Waals surface area contributed by atoms with Gasteiger partial charge in [0.15, 0.2) is 0 Å². The molecule has 0 atom stereocenters. The van der Waals surface area contributed by atoms with Crippen molar-refractivity contribution in [3.63, 3.8) is 0 Å². The predicted molar refractivity (Wildman–Crippen MR) is 70.3 cm³/mol. The van der Waals surface area contributed by atoms with Crippen molar-refractivity contribution in [2.24, 2.45) is 0 Å². The highest BCUT2D eigenvalue weighted by Gasteiger charge is 2.31. The molecule has 1 N–H and O–H groups in total. The third-order valence-electron chi connectivity index (χ3n) is 2.49. The van der Waals surface area contributed by atoms with E-state index in [-0.39, 0.29) is 10.9 Å². The van der Waals surface area contributed by atoms with Crippen LogP contribution in [0.2, 0.25) is 5.02 Å². The molecule has 106 valence electrons. The molecule has 0 unspecified atom stereocenters. The van der Waals surface area contributed by atoms with Gasteiger partial charge in [0.2, 0.25) is 5.88 Å². The molecule has 1 aromatic heterocycles. The summed E-state index contributed by atoms with van der Waals surface area (Å²) in [4.78, 5) is 3.59. The lowest BCUT2D eigenvalue weighted by Crippen LogP contribution is -2.05. The zero-order valence-corrected chi connectivity index (χ0v) is 11.1. The Balaban J connectivity index is 2.21. The highest BCUT2D eigenvalue weighted by atomic mass is 35.5. The van der Waals surface area contributed by atoms with Gasteiger partial charge in [0, 0.05) is 18.9 Å². The van der Waals surface area contributed by atoms with Crippen LogP contribution in [0.25, 0.3) is 0 Å². The zero-order valence-electron chi connectivity index (χ0n) is 10.3. The Bertz CT molecular complexity index is 600. The van der Waals surface area contributed by atoms with Crippen LogP contribution in [0, 0.1) is 0 Å². The van der Waals surface area contributed by atoms with E-state index >= 15 is 0 Å². The second-order valence-corrected chi connectivity index (χ2v) is 4.29. The van der Waals surface area contributed by atoms with Crippen LogP contribution >= 0.6 is 11.6 Å². The quantitative estimate of drug-likeness (QED) is 0.900. The van der Waals surface area contributed by atoms with Crippen molar-refractivity contribution in [3.8, 4) is 11.6 Å². The lowest BCUT2D eigenvalue weighted by atomic mass is 10.3. The van der Waals surface area contributed by atoms with Gasteiger partial charge in [-0.3, -0.25) is 0 Å². The third-order valence-corrected chi connectivity index (χ3v) is 2.76. The van der Waals surface area contributed by atoms with Crippen molar-refractivity contribution in [1.82, 2.24) is 4.98 Å². The number of alkyl halides is 3. The molecule has 2 aromatic rings. The summed E-state index contributed by atoms with van der Waals surface area (Å²) in [6, 6.07) is 7.61. The molecule has 0 aliphatic rings. The highest BCUT2D eigenvalue weighted by molar-refractivity contribution is 6.31. The van der Waals surface area contributed by atoms with E-state index in [2.05, 4.69) is 10.3 Å². The summed E-state index contributed by atoms with van der Waals surface area (Å²) in [6.45, 7) is 0. The molecule has 0 radical (unpaired) electrons. The maximum atomic E-state index is 12.5. The molecule has 20 heavy (non-hydrogen) atoms. The largest absolute Gasteiger partial charge is 0.438 e. The Labute approximate surface area is 118 Å². The number of anilines is 1. The molecule has 1 aromatic carbocycles. The van der Waals surface area contributed by atoms with Crippen LogP contribution in [0.3, 0.4) is 0 Å². The molecule has 0 saturated heterocycles. The molecule has 2 rings (SSSR count). The van der Waals surface area contributed by atoms with Gasteiger partial charge in [-0.05, 0) is 30.3 Å². The number of nitrogens with zero attached hydrogens (tertiary/aromatic N) is 1. The summed E-state index contributed by atoms with van der Waals surface area (Å²) >= 11 is 5.74. The minimum absolute atomic E-state index is 0.0723. The van der Waals surface area contributed by atoms with Crippen molar-refractivity contribution in [1.29, 1.82) is 0 Å². The van der Waals surface area contributed by atoms with Gasteiger partial charge >= 0.3 is 6.18 Å². The molecule has 0 bridgehead atoms. The monoisotopic (exact) mass is 302 g/mol. The summed E-state index contributed by atoms with van der Waals surface area (Å²) in [7, 11) is 1.77. The highest BCUT2D eigenvalue weighted by Crippen LogP contribution is 2.34. The smallest absolute Gasteiger partial charge is 0.417 e. The van der Waals surface area contributed by atoms with Gasteiger partial charge in [-0.2, -0.15) is 13.2 Å². The molecular weight excluding hydrogens is 293 g/mol. The van der Waals surface area contributed by atoms with Crippen molar-refractivity contribution in [2.75, 3.05) is 12.4 Å². The molecule has 0 aliphatic carbocycles. The number of ether oxygens (including phenoxy) is 1. The van der Waals surface area contributed by atoms with Crippen molar-refractivity contribution >= 4 is 17.3 Å². The molecule has 0 spiro atoms. The van der Waals surface area contributed by atoms with Crippen molar-refractivity contribution < 1.29 is 17.9 Å². The minimum Gasteiger partial charge on any atom is -0.438 e. The molecule has 1 heterocycles. The number of pyridine rings is 1. The fourth-order valence-electron chi connectivity index (χ4n) is 1.46. The number of hydrogen-bond donors (Lipinski definition) is 1. The second kappa shape index (κ2) is 5.58. The number of rotatable bonds is 3. The first-order valence-electron chi connectivity index (χ1n) is 5.58. The van der Waals surface area contributed by atoms with E-state index < -0.39 is 11.7 Å². The van der Waals surface area contributed by atoms with Gasteiger partial charge in [-0.25, -0.2) is 4.98 Å². The first-order chi connectivity index (χ1) is 9.40. The molecular formula is C13H10ClF3N2O. The Morgan fingerprint density at radius 2 is 1.85 bits per heavy atom. The topological polar surface area (TPSA) is 34.1 Å². The Morgan fingerprint density at radius 1 is 1.20 bits per heavy atom. The summed E-state index contributed by atoms with van der Waals surface area (Å²) in [5, 5.41) is 2.73. The molecule has 0 aliphatic heterocycles. The predicted octanol–water partition coefficient (Wildman–Crippen LogP) is 4.59. The Morgan fingerprint density at radius 3 is 2.35 bits per heavy atom. The summed E-state index contributed by atoms with van der Waals surface area (Å²) in [5.74, 6) is 0.357. The van der Waals surface area contributed by atoms with Gasteiger partial charge in [-0.15, -0.1) is 0 Å². The average molecular weight is 303 g/mol. The third kappa shape index (κ3) is 3.33. The second-order valence-electron chi connectivity index (χ2n) is 3.89. The summed E-state index contributed by atoms with van der Waals surface area (Å²) in [5.41, 5.74) is -0.0378. The van der Waals surface area contributed by atoms with E-state index in [1.165, 1.54) is 0 Å². The van der Waals surface area contributed by atoms with Crippen molar-refractivity contribution in [3.05, 3.63) is 47.1 Å². The zero-order chi connectivity index (χ0) is 14.8. The fourth-order valence-corrected chi connectivity index (χ4v) is 1.66. The van der Waals surface area contributed by atoms with Gasteiger partial charge < -0.3 is 10.1 Å². The maximum Gasteiger partial charge on any atom is 0.417 e. The maximum absolute atomic E-state index is 12.5. The van der Waals surface area contributed by atoms with Crippen molar-refractivity contribution in [2.45, 2.75) is 6.18 Å². The van der Waals surface area contributed by atoms with Crippen LogP contribution in [0.5, 0.6) is 11.6 Å². The van der Waals surface area contributed by atoms with Crippen LogP contribution in [0.1, 0.15) is 5.56 Å². The first-order valence-corrected chi connectivity index (χ1v) is 5.96. The van der Waals surface area contributed by atoms with Crippen LogP contribution in [-0.4, -0.2) is 12.0 Å². The van der Waals surface area contributed by atoms with Crippen LogP contribution < -0.4 is 10.1 Å². The van der Waals surface area contributed by atoms with E-state index in [1.54, 1.807) is 31.3 Å². The normalized spacial score (nSPS) is 11.2. The first kappa shape index (κ1) is 14.5. The van der Waals surface area contributed by atoms with E-state index in [0.29, 0.717) is 11.9 Å². The number of benzene rings is 1. The molecule has 7 heteroatoms. The van der Waals surface area contributed by atoms with E-state index in [9.17, 15) is 13.2 Å². The molecule has 0 fully saturated rings. The lowest BCUT2D eigenvalue weighted by molar-refractivity contribution is -0.137. The molecule has 0 amide bonds. The standard InChI is InChI=1S/C13H10ClF3N2O/c1-18-9-2-4-10(5-3-9)20-12-11(14)6-8(7-19-12)13(15,16)17/h2-7,18H,1H3. The Hall–Kier alpha value is -1.95. The summed E-state index contributed by atoms with van der Waals surface area (Å²) < 4.78 is 42.7. The lowest BCUT2D eigenvalue weighted by Gasteiger charge is -2.10. The van der Waals surface area contributed by atoms with Crippen LogP contribution in [0.4, 0.5) is 18.9 Å². The minimum atomic E-state index is -4.48. The fraction of sp³-hybridized carbons (Fsp3) is 0.154. The molecule has 3 nitrogen and oxygen atoms in total. The van der Waals surface area contributed by atoms with Gasteiger partial charge in [0.05, 0.1) is 5.56 Å². The van der Waals surface area contributed by atoms with E-state index in [1.807, 2.05) is 0 Å². The van der Waals surface area contributed by atoms with E-state index in [0.717, 1.165) is 11.8 Å². The van der Waals surface area contributed by atoms with Crippen LogP contribution in [0.15, 0.2) is 36.5 Å². The summed E-state index contributed by atoms with van der Waals surface area (Å²) in [6.07, 6.45) is -3.80. The van der Waals surface area contributed by atoms with Crippen LogP contribution in [-0.2, 0) is 6.18 Å². The molecule has 0 saturated carbocycles. The van der Waals surface area contributed by atoms with E-state index in [4.69, 9.17) is 16.3 Å². The van der Waals surface area contributed by atoms with Gasteiger partial charge in [0.25, 0.3) is 0 Å². The average Bonchev–Trinajstić information content (AvgIpc) is 2.41. The number of nitrogens with one attached hydrogen (secondary N) is 1. The number of aromatic nitrogens is 1. The number of halogens is 4.